The number of amidine groups is 1. The zero-order valence-corrected chi connectivity index (χ0v) is 19.1. The van der Waals surface area contributed by atoms with Crippen LogP contribution in [0.2, 0.25) is 0 Å². The topological polar surface area (TPSA) is 66.7 Å². The molecular formula is C25H28F2N4O3. The van der Waals surface area contributed by atoms with Crippen LogP contribution in [-0.2, 0) is 11.2 Å². The highest BCUT2D eigenvalue weighted by atomic mass is 19.3. The molecule has 2 aromatic rings. The summed E-state index contributed by atoms with van der Waals surface area (Å²) in [6.07, 6.45) is 1.99. The number of ether oxygens (including phenoxy) is 2. The van der Waals surface area contributed by atoms with E-state index in [1.165, 1.54) is 13.3 Å². The second-order valence-electron chi connectivity index (χ2n) is 7.65. The highest BCUT2D eigenvalue weighted by molar-refractivity contribution is 6.02. The van der Waals surface area contributed by atoms with E-state index >= 15 is 0 Å². The van der Waals surface area contributed by atoms with Crippen LogP contribution in [0, 0.1) is 0 Å². The summed E-state index contributed by atoms with van der Waals surface area (Å²) in [7, 11) is 1.40. The Kier molecular flexibility index (Phi) is 8.73. The summed E-state index contributed by atoms with van der Waals surface area (Å²) in [5, 5.41) is 0. The second-order valence-corrected chi connectivity index (χ2v) is 7.65. The molecule has 0 spiro atoms. The number of halogens is 2. The molecule has 1 fully saturated rings. The van der Waals surface area contributed by atoms with Crippen molar-refractivity contribution >= 4 is 24.1 Å². The normalized spacial score (nSPS) is 16.4. The van der Waals surface area contributed by atoms with Crippen LogP contribution in [0.1, 0.15) is 12.0 Å². The Morgan fingerprint density at radius 2 is 1.97 bits per heavy atom. The van der Waals surface area contributed by atoms with Gasteiger partial charge < -0.3 is 19.3 Å². The van der Waals surface area contributed by atoms with Crippen molar-refractivity contribution < 1.29 is 23.0 Å². The van der Waals surface area contributed by atoms with Crippen LogP contribution in [0.15, 0.2) is 71.3 Å². The predicted octanol–water partition coefficient (Wildman–Crippen LogP) is 4.19. The molecule has 1 heterocycles. The van der Waals surface area contributed by atoms with Gasteiger partial charge in [0.15, 0.2) is 11.5 Å². The third-order valence-corrected chi connectivity index (χ3v) is 5.58. The van der Waals surface area contributed by atoms with Gasteiger partial charge in [-0.2, -0.15) is 8.78 Å². The average molecular weight is 471 g/mol. The molecule has 1 amide bonds. The number of aliphatic imine (C=N–C) groups is 2. The van der Waals surface area contributed by atoms with Gasteiger partial charge in [0.1, 0.15) is 5.84 Å². The number of hydrogen-bond acceptors (Lipinski definition) is 5. The third-order valence-electron chi connectivity index (χ3n) is 5.58. The molecular weight excluding hydrogens is 442 g/mol. The van der Waals surface area contributed by atoms with Crippen molar-refractivity contribution in [2.24, 2.45) is 9.98 Å². The SMILES string of the molecule is C=CN=C(CC(=O)N1CCN(c2ccc(OC)c(OC(F)F)c2)C[C@@H]1Cc1ccccc1)N=C. The van der Waals surface area contributed by atoms with E-state index in [-0.39, 0.29) is 29.9 Å². The highest BCUT2D eigenvalue weighted by Gasteiger charge is 2.31. The number of amides is 1. The number of nitrogens with zero attached hydrogens (tertiary/aromatic N) is 4. The van der Waals surface area contributed by atoms with Crippen LogP contribution in [-0.4, -0.2) is 62.8 Å². The van der Waals surface area contributed by atoms with Crippen LogP contribution in [0.5, 0.6) is 11.5 Å². The summed E-state index contributed by atoms with van der Waals surface area (Å²) in [5.74, 6) is 0.398. The van der Waals surface area contributed by atoms with E-state index in [4.69, 9.17) is 4.74 Å². The summed E-state index contributed by atoms with van der Waals surface area (Å²) in [6, 6.07) is 14.7. The van der Waals surface area contributed by atoms with Gasteiger partial charge in [0, 0.05) is 37.6 Å². The summed E-state index contributed by atoms with van der Waals surface area (Å²) in [6.45, 7) is 5.54. The van der Waals surface area contributed by atoms with E-state index in [0.717, 1.165) is 5.56 Å². The van der Waals surface area contributed by atoms with Gasteiger partial charge in [-0.15, -0.1) is 0 Å². The Balaban J connectivity index is 1.85. The summed E-state index contributed by atoms with van der Waals surface area (Å²) in [5.41, 5.74) is 1.80. The van der Waals surface area contributed by atoms with Crippen LogP contribution in [0.4, 0.5) is 14.5 Å². The van der Waals surface area contributed by atoms with Gasteiger partial charge in [0.05, 0.1) is 19.6 Å². The number of carbonyl (C=O) groups excluding carboxylic acids is 1. The molecule has 1 aliphatic heterocycles. The fourth-order valence-electron chi connectivity index (χ4n) is 4.01. The number of rotatable bonds is 9. The highest BCUT2D eigenvalue weighted by Crippen LogP contribution is 2.34. The first-order valence-corrected chi connectivity index (χ1v) is 10.8. The van der Waals surface area contributed by atoms with Crippen LogP contribution >= 0.6 is 0 Å². The van der Waals surface area contributed by atoms with Crippen molar-refractivity contribution in [1.82, 2.24) is 4.90 Å². The molecule has 2 aromatic carbocycles. The maximum atomic E-state index is 13.1. The van der Waals surface area contributed by atoms with E-state index in [0.29, 0.717) is 37.6 Å². The minimum absolute atomic E-state index is 0.0235. The maximum Gasteiger partial charge on any atom is 0.387 e. The first-order valence-electron chi connectivity index (χ1n) is 10.8. The van der Waals surface area contributed by atoms with Crippen molar-refractivity contribution in [3.63, 3.8) is 0 Å². The Morgan fingerprint density at radius 1 is 1.21 bits per heavy atom. The number of benzene rings is 2. The molecule has 0 aromatic heterocycles. The predicted molar refractivity (Wildman–Crippen MR) is 129 cm³/mol. The van der Waals surface area contributed by atoms with Gasteiger partial charge in [0.25, 0.3) is 0 Å². The van der Waals surface area contributed by atoms with E-state index in [1.54, 1.807) is 18.2 Å². The van der Waals surface area contributed by atoms with Crippen molar-refractivity contribution in [2.45, 2.75) is 25.5 Å². The monoisotopic (exact) mass is 470 g/mol. The van der Waals surface area contributed by atoms with Crippen LogP contribution in [0.25, 0.3) is 0 Å². The van der Waals surface area contributed by atoms with E-state index in [2.05, 4.69) is 32.9 Å². The first kappa shape index (κ1) is 24.9. The molecule has 34 heavy (non-hydrogen) atoms. The molecule has 1 atom stereocenters. The molecule has 0 aliphatic carbocycles. The molecule has 1 aliphatic rings. The zero-order chi connectivity index (χ0) is 24.5. The molecule has 0 bridgehead atoms. The minimum Gasteiger partial charge on any atom is -0.493 e. The smallest absolute Gasteiger partial charge is 0.387 e. The number of methoxy groups -OCH3 is 1. The molecule has 0 unspecified atom stereocenters. The molecule has 0 N–H and O–H groups in total. The average Bonchev–Trinajstić information content (AvgIpc) is 2.84. The minimum atomic E-state index is -2.96. The Labute approximate surface area is 198 Å². The van der Waals surface area contributed by atoms with Gasteiger partial charge in [-0.3, -0.25) is 4.79 Å². The molecule has 1 saturated heterocycles. The number of anilines is 1. The molecule has 9 heteroatoms. The summed E-state index contributed by atoms with van der Waals surface area (Å²) in [4.78, 5) is 24.8. The number of carbonyl (C=O) groups is 1. The Bertz CT molecular complexity index is 1030. The van der Waals surface area contributed by atoms with Gasteiger partial charge in [-0.05, 0) is 30.8 Å². The fraction of sp³-hybridized carbons (Fsp3) is 0.320. The van der Waals surface area contributed by atoms with Crippen LogP contribution < -0.4 is 14.4 Å². The second kappa shape index (κ2) is 11.9. The largest absolute Gasteiger partial charge is 0.493 e. The lowest BCUT2D eigenvalue weighted by Crippen LogP contribution is -2.56. The molecule has 0 saturated carbocycles. The van der Waals surface area contributed by atoms with Gasteiger partial charge >= 0.3 is 6.61 Å². The Morgan fingerprint density at radius 3 is 2.62 bits per heavy atom. The molecule has 180 valence electrons. The first-order chi connectivity index (χ1) is 16.4. The zero-order valence-electron chi connectivity index (χ0n) is 19.1. The molecule has 0 radical (unpaired) electrons. The lowest BCUT2D eigenvalue weighted by atomic mass is 10.0. The van der Waals surface area contributed by atoms with Crippen molar-refractivity contribution in [1.29, 1.82) is 0 Å². The third kappa shape index (κ3) is 6.40. The lowest BCUT2D eigenvalue weighted by Gasteiger charge is -2.43. The van der Waals surface area contributed by atoms with Gasteiger partial charge in [-0.1, -0.05) is 36.9 Å². The van der Waals surface area contributed by atoms with E-state index in [9.17, 15) is 13.6 Å². The van der Waals surface area contributed by atoms with E-state index < -0.39 is 6.61 Å². The van der Waals surface area contributed by atoms with Crippen molar-refractivity contribution in [3.05, 3.63) is 66.9 Å². The molecule has 3 rings (SSSR count). The van der Waals surface area contributed by atoms with Gasteiger partial charge in [-0.25, -0.2) is 9.98 Å². The Hall–Kier alpha value is -3.75. The van der Waals surface area contributed by atoms with Crippen molar-refractivity contribution in [3.8, 4) is 11.5 Å². The van der Waals surface area contributed by atoms with Crippen LogP contribution in [0.3, 0.4) is 0 Å². The van der Waals surface area contributed by atoms with Gasteiger partial charge in [0.2, 0.25) is 5.91 Å². The molecule has 7 nitrogen and oxygen atoms in total. The number of piperazine rings is 1. The van der Waals surface area contributed by atoms with Crippen molar-refractivity contribution in [2.75, 3.05) is 31.6 Å². The number of alkyl halides is 2. The number of hydrogen-bond donors (Lipinski definition) is 0. The maximum absolute atomic E-state index is 13.1. The quantitative estimate of drug-likeness (QED) is 0.407. The summed E-state index contributed by atoms with van der Waals surface area (Å²) < 4.78 is 35.5. The standard InChI is InChI=1S/C25H28F2N4O3/c1-4-29-23(28-2)16-24(32)31-13-12-30(17-20(31)14-18-8-6-5-7-9-18)19-10-11-21(33-3)22(15-19)34-25(26)27/h4-11,15,20,25H,1-2,12-14,16-17H2,3H3/t20-/m0/s1. The lowest BCUT2D eigenvalue weighted by molar-refractivity contribution is -0.132. The fourth-order valence-corrected chi connectivity index (χ4v) is 4.01. The summed E-state index contributed by atoms with van der Waals surface area (Å²) >= 11 is 0. The van der Waals surface area contributed by atoms with E-state index in [1.807, 2.05) is 35.2 Å².